The van der Waals surface area contributed by atoms with E-state index in [-0.39, 0.29) is 0 Å². The second kappa shape index (κ2) is 2.30. The van der Waals surface area contributed by atoms with E-state index < -0.39 is 0 Å². The van der Waals surface area contributed by atoms with Crippen LogP contribution in [0.4, 0.5) is 0 Å². The molecule has 1 heterocycles. The number of aliphatic hydroxyl groups excluding tert-OH is 1. The Morgan fingerprint density at radius 1 is 1.27 bits per heavy atom. The molecule has 1 aromatic carbocycles. The zero-order valence-electron chi connectivity index (χ0n) is 5.91. The van der Waals surface area contributed by atoms with E-state index in [4.69, 9.17) is 13.0 Å². The van der Waals surface area contributed by atoms with Gasteiger partial charge < -0.3 is 0 Å². The van der Waals surface area contributed by atoms with Crippen molar-refractivity contribution in [1.29, 1.82) is 0 Å². The summed E-state index contributed by atoms with van der Waals surface area (Å²) in [7, 11) is 7.25. The molecule has 0 fully saturated rings. The molecule has 0 bridgehead atoms. The van der Waals surface area contributed by atoms with E-state index in [2.05, 4.69) is 0 Å². The van der Waals surface area contributed by atoms with E-state index in [1.54, 1.807) is 14.2 Å². The molecule has 4 heteroatoms. The summed E-state index contributed by atoms with van der Waals surface area (Å²) in [4.78, 5) is 0. The molecule has 1 N–H and O–H groups in total. The Labute approximate surface area is 68.0 Å². The first kappa shape index (κ1) is 6.77. The second-order valence-electron chi connectivity index (χ2n) is 2.60. The molecule has 0 spiro atoms. The molecule has 2 rings (SSSR count). The van der Waals surface area contributed by atoms with Gasteiger partial charge in [-0.15, -0.1) is 0 Å². The van der Waals surface area contributed by atoms with Gasteiger partial charge in [0.1, 0.15) is 0 Å². The Kier molecular flexibility index (Phi) is 1.41. The molecule has 47 valence electrons. The Morgan fingerprint density at radius 3 is 2.91 bits per heavy atom. The van der Waals surface area contributed by atoms with Crippen molar-refractivity contribution in [2.24, 2.45) is 0 Å². The number of benzene rings is 1. The Hall–Kier alpha value is -0.915. The maximum absolute atomic E-state index is 9.11. The molecular formula is C7H4B3O. The first-order valence-electron chi connectivity index (χ1n) is 3.41. The van der Waals surface area contributed by atoms with E-state index in [0.29, 0.717) is 5.55 Å². The minimum atomic E-state index is 0.297. The van der Waals surface area contributed by atoms with Crippen LogP contribution in [0.2, 0.25) is 0 Å². The molecule has 1 aliphatic rings. The molecule has 1 aromatic rings. The van der Waals surface area contributed by atoms with Crippen LogP contribution in [0.15, 0.2) is 18.2 Å². The Bertz CT molecular complexity index is 332. The predicted molar refractivity (Wildman–Crippen MR) is 49.5 cm³/mol. The maximum atomic E-state index is 9.11. The van der Waals surface area contributed by atoms with E-state index in [1.807, 2.05) is 18.2 Å². The third kappa shape index (κ3) is 1.13. The first-order chi connectivity index (χ1) is 5.25. The molecule has 0 saturated carbocycles. The van der Waals surface area contributed by atoms with Gasteiger partial charge in [0.15, 0.2) is 0 Å². The van der Waals surface area contributed by atoms with Gasteiger partial charge in [0.05, 0.1) is 0 Å². The van der Waals surface area contributed by atoms with Gasteiger partial charge in [0, 0.05) is 0 Å². The molecule has 0 aliphatic carbocycles. The Balaban J connectivity index is 2.52. The van der Waals surface area contributed by atoms with Gasteiger partial charge in [-0.25, -0.2) is 0 Å². The quantitative estimate of drug-likeness (QED) is 0.395. The van der Waals surface area contributed by atoms with Crippen molar-refractivity contribution in [2.45, 2.75) is 0 Å². The topological polar surface area (TPSA) is 20.2 Å². The average Bonchev–Trinajstić information content (AvgIpc) is 2.27. The number of fused-ring (bicyclic) bond motifs is 1. The fraction of sp³-hybridized carbons (Fsp3) is 0. The van der Waals surface area contributed by atoms with Gasteiger partial charge in [-0.3, -0.25) is 0 Å². The molecule has 11 heavy (non-hydrogen) atoms. The molecule has 1 aliphatic heterocycles. The minimum absolute atomic E-state index is 0.297. The molecule has 0 amide bonds. The summed E-state index contributed by atoms with van der Waals surface area (Å²) in [5.74, 6) is 0. The van der Waals surface area contributed by atoms with Crippen LogP contribution in [0.25, 0.3) is 0 Å². The van der Waals surface area contributed by atoms with Gasteiger partial charge >= 0.3 is 67.3 Å². The number of rotatable bonds is 0. The van der Waals surface area contributed by atoms with Gasteiger partial charge in [0.25, 0.3) is 0 Å². The summed E-state index contributed by atoms with van der Waals surface area (Å²) in [6, 6.07) is 5.56. The van der Waals surface area contributed by atoms with Crippen LogP contribution < -0.4 is 16.4 Å². The van der Waals surface area contributed by atoms with Crippen molar-refractivity contribution in [1.82, 2.24) is 0 Å². The second-order valence-corrected chi connectivity index (χ2v) is 2.60. The van der Waals surface area contributed by atoms with E-state index in [0.717, 1.165) is 16.4 Å². The summed E-state index contributed by atoms with van der Waals surface area (Å²) in [6.07, 6.45) is 0. The van der Waals surface area contributed by atoms with Gasteiger partial charge in [-0.1, -0.05) is 0 Å². The van der Waals surface area contributed by atoms with Crippen molar-refractivity contribution < 1.29 is 5.11 Å². The third-order valence-electron chi connectivity index (χ3n) is 1.72. The average molecular weight is 137 g/mol. The molecule has 3 radical (unpaired) electrons. The third-order valence-corrected chi connectivity index (χ3v) is 1.72. The van der Waals surface area contributed by atoms with Gasteiger partial charge in [-0.05, 0) is 0 Å². The zero-order valence-corrected chi connectivity index (χ0v) is 5.91. The van der Waals surface area contributed by atoms with Crippen LogP contribution in [0.5, 0.6) is 0 Å². The van der Waals surface area contributed by atoms with Gasteiger partial charge in [-0.2, -0.15) is 0 Å². The predicted octanol–water partition coefficient (Wildman–Crippen LogP) is -2.39. The summed E-state index contributed by atoms with van der Waals surface area (Å²) < 4.78 is 0. The molecule has 0 atom stereocenters. The number of hydrogen-bond acceptors (Lipinski definition) is 1. The Morgan fingerprint density at radius 2 is 2.09 bits per heavy atom. The fourth-order valence-electron chi connectivity index (χ4n) is 1.21. The standard InChI is InChI=1S/C7H4B3O/c8-4-1-2-5-6(3-4)10-7(11)9-5/h1-3,11H. The molecule has 0 saturated heterocycles. The van der Waals surface area contributed by atoms with Crippen LogP contribution in [-0.2, 0) is 0 Å². The fourth-order valence-corrected chi connectivity index (χ4v) is 1.21. The molecule has 0 unspecified atom stereocenters. The van der Waals surface area contributed by atoms with Crippen LogP contribution in [0.3, 0.4) is 0 Å². The first-order valence-corrected chi connectivity index (χ1v) is 3.41. The molecule has 0 aromatic heterocycles. The van der Waals surface area contributed by atoms with E-state index >= 15 is 0 Å². The van der Waals surface area contributed by atoms with Gasteiger partial charge in [0.2, 0.25) is 0 Å². The van der Waals surface area contributed by atoms with Crippen LogP contribution in [0, 0.1) is 0 Å². The van der Waals surface area contributed by atoms with Crippen molar-refractivity contribution in [3.63, 3.8) is 0 Å². The normalized spacial score (nSPS) is 12.9. The van der Waals surface area contributed by atoms with Crippen molar-refractivity contribution >= 4 is 44.0 Å². The number of aliphatic hydroxyl groups is 1. The zero-order chi connectivity index (χ0) is 7.84. The van der Waals surface area contributed by atoms with Crippen LogP contribution in [0.1, 0.15) is 0 Å². The SMILES string of the molecule is [B]c1ccc2c(c1)[B]C(O)=B2. The van der Waals surface area contributed by atoms with Crippen molar-refractivity contribution in [3.8, 4) is 0 Å². The number of hydrogen-bond donors (Lipinski definition) is 1. The van der Waals surface area contributed by atoms with E-state index in [1.165, 1.54) is 0 Å². The monoisotopic (exact) mass is 137 g/mol. The van der Waals surface area contributed by atoms with E-state index in [9.17, 15) is 0 Å². The van der Waals surface area contributed by atoms with Crippen molar-refractivity contribution in [3.05, 3.63) is 18.2 Å². The molecular weight excluding hydrogens is 133 g/mol. The molecule has 1 nitrogen and oxygen atoms in total. The van der Waals surface area contributed by atoms with Crippen molar-refractivity contribution in [2.75, 3.05) is 0 Å². The summed E-state index contributed by atoms with van der Waals surface area (Å²) in [6.45, 7) is 1.72. The van der Waals surface area contributed by atoms with Crippen LogP contribution in [-0.4, -0.2) is 32.7 Å². The summed E-state index contributed by atoms with van der Waals surface area (Å²) >= 11 is 0. The van der Waals surface area contributed by atoms with Crippen LogP contribution >= 0.6 is 0 Å². The summed E-state index contributed by atoms with van der Waals surface area (Å²) in [5, 5.41) is 9.11. The summed E-state index contributed by atoms with van der Waals surface area (Å²) in [5.41, 5.74) is 3.04.